The van der Waals surface area contributed by atoms with Crippen LogP contribution < -0.4 is 0 Å². The highest BCUT2D eigenvalue weighted by molar-refractivity contribution is 5.15. The molecule has 0 amide bonds. The minimum Gasteiger partial charge on any atom is -0.240 e. The average molecular weight is 210 g/mol. The van der Waals surface area contributed by atoms with Crippen LogP contribution in [0, 0.1) is 5.92 Å². The minimum absolute atomic E-state index is 0.839. The summed E-state index contributed by atoms with van der Waals surface area (Å²) in [6, 6.07) is 0.839. The molecule has 0 spiro atoms. The van der Waals surface area contributed by atoms with Crippen LogP contribution in [0.2, 0.25) is 0 Å². The molecule has 88 valence electrons. The van der Waals surface area contributed by atoms with Crippen LogP contribution in [0.25, 0.3) is 0 Å². The quantitative estimate of drug-likeness (QED) is 0.309. The first-order valence-corrected chi connectivity index (χ1v) is 6.77. The zero-order valence-corrected chi connectivity index (χ0v) is 10.7. The van der Waals surface area contributed by atoms with E-state index >= 15 is 0 Å². The number of hydrogen-bond acceptors (Lipinski definition) is 0. The first-order valence-electron chi connectivity index (χ1n) is 6.77. The maximum absolute atomic E-state index is 4.09. The van der Waals surface area contributed by atoms with E-state index in [9.17, 15) is 0 Å². The SMILES string of the molecule is C=[N+](CCCCCCCC(C)C)C1CC1. The molecule has 1 nitrogen and oxygen atoms in total. The van der Waals surface area contributed by atoms with E-state index in [-0.39, 0.29) is 0 Å². The van der Waals surface area contributed by atoms with Crippen molar-refractivity contribution in [3.8, 4) is 0 Å². The van der Waals surface area contributed by atoms with Gasteiger partial charge in [0.25, 0.3) is 0 Å². The van der Waals surface area contributed by atoms with Crippen molar-refractivity contribution in [3.05, 3.63) is 0 Å². The van der Waals surface area contributed by atoms with E-state index in [1.165, 1.54) is 57.9 Å². The van der Waals surface area contributed by atoms with E-state index in [2.05, 4.69) is 25.1 Å². The average Bonchev–Trinajstić information content (AvgIpc) is 2.98. The zero-order valence-electron chi connectivity index (χ0n) is 10.7. The Morgan fingerprint density at radius 2 is 1.67 bits per heavy atom. The second kappa shape index (κ2) is 7.03. The fourth-order valence-electron chi connectivity index (χ4n) is 2.02. The highest BCUT2D eigenvalue weighted by Crippen LogP contribution is 2.23. The summed E-state index contributed by atoms with van der Waals surface area (Å²) in [5.41, 5.74) is 0. The third-order valence-corrected chi connectivity index (χ3v) is 3.29. The number of rotatable bonds is 9. The van der Waals surface area contributed by atoms with Gasteiger partial charge in [-0.15, -0.1) is 0 Å². The van der Waals surface area contributed by atoms with E-state index in [1.807, 2.05) is 0 Å². The van der Waals surface area contributed by atoms with Crippen LogP contribution in [0.15, 0.2) is 0 Å². The number of nitrogens with zero attached hydrogens (tertiary/aromatic N) is 1. The molecule has 0 aromatic heterocycles. The topological polar surface area (TPSA) is 3.01 Å². The van der Waals surface area contributed by atoms with Gasteiger partial charge in [0, 0.05) is 19.3 Å². The molecule has 0 bridgehead atoms. The Bertz CT molecular complexity index is 180. The summed E-state index contributed by atoms with van der Waals surface area (Å²) in [5.74, 6) is 0.884. The van der Waals surface area contributed by atoms with Gasteiger partial charge in [-0.25, -0.2) is 4.58 Å². The molecule has 0 saturated heterocycles. The Morgan fingerprint density at radius 3 is 2.27 bits per heavy atom. The van der Waals surface area contributed by atoms with Crippen LogP contribution in [0.1, 0.15) is 65.2 Å². The maximum Gasteiger partial charge on any atom is 0.152 e. The minimum atomic E-state index is 0.839. The standard InChI is InChI=1S/C14H28N/c1-13(2)9-7-5-4-6-8-12-15(3)14-10-11-14/h13-14H,3-12H2,1-2H3/q+1. The molecular formula is C14H28N+. The Morgan fingerprint density at radius 1 is 1.07 bits per heavy atom. The molecule has 1 aliphatic carbocycles. The van der Waals surface area contributed by atoms with Gasteiger partial charge in [0.15, 0.2) is 6.04 Å². The second-order valence-corrected chi connectivity index (χ2v) is 5.49. The summed E-state index contributed by atoms with van der Waals surface area (Å²) in [4.78, 5) is 0. The van der Waals surface area contributed by atoms with Crippen molar-refractivity contribution in [2.24, 2.45) is 5.92 Å². The molecule has 0 aromatic carbocycles. The molecule has 15 heavy (non-hydrogen) atoms. The van der Waals surface area contributed by atoms with Gasteiger partial charge < -0.3 is 0 Å². The number of hydrogen-bond donors (Lipinski definition) is 0. The summed E-state index contributed by atoms with van der Waals surface area (Å²) in [5, 5.41) is 0. The smallest absolute Gasteiger partial charge is 0.152 e. The molecule has 0 unspecified atom stereocenters. The molecule has 0 heterocycles. The van der Waals surface area contributed by atoms with Crippen molar-refractivity contribution >= 4 is 6.72 Å². The molecule has 1 aliphatic rings. The van der Waals surface area contributed by atoms with E-state index in [4.69, 9.17) is 0 Å². The lowest BCUT2D eigenvalue weighted by atomic mass is 10.0. The third kappa shape index (κ3) is 6.70. The van der Waals surface area contributed by atoms with Gasteiger partial charge in [0.05, 0.1) is 0 Å². The first kappa shape index (κ1) is 12.7. The lowest BCUT2D eigenvalue weighted by Gasteiger charge is -2.04. The van der Waals surface area contributed by atoms with Crippen LogP contribution in [0.5, 0.6) is 0 Å². The Kier molecular flexibility index (Phi) is 5.97. The summed E-state index contributed by atoms with van der Waals surface area (Å²) in [6.45, 7) is 9.94. The van der Waals surface area contributed by atoms with Crippen LogP contribution >= 0.6 is 0 Å². The van der Waals surface area contributed by atoms with Gasteiger partial charge in [-0.1, -0.05) is 39.5 Å². The number of unbranched alkanes of at least 4 members (excludes halogenated alkanes) is 4. The normalized spacial score (nSPS) is 15.9. The summed E-state index contributed by atoms with van der Waals surface area (Å²) >= 11 is 0. The molecule has 0 aromatic rings. The van der Waals surface area contributed by atoms with Crippen LogP contribution in [0.3, 0.4) is 0 Å². The van der Waals surface area contributed by atoms with Crippen LogP contribution in [-0.2, 0) is 0 Å². The zero-order chi connectivity index (χ0) is 11.1. The molecule has 1 fully saturated rings. The van der Waals surface area contributed by atoms with E-state index in [1.54, 1.807) is 0 Å². The van der Waals surface area contributed by atoms with Gasteiger partial charge >= 0.3 is 0 Å². The van der Waals surface area contributed by atoms with Gasteiger partial charge in [-0.05, 0) is 12.3 Å². The highest BCUT2D eigenvalue weighted by atomic mass is 15.0. The molecule has 0 atom stereocenters. The Balaban J connectivity index is 1.78. The molecule has 1 rings (SSSR count). The van der Waals surface area contributed by atoms with Gasteiger partial charge in [0.1, 0.15) is 13.3 Å². The van der Waals surface area contributed by atoms with Gasteiger partial charge in [0.2, 0.25) is 0 Å². The summed E-state index contributed by atoms with van der Waals surface area (Å²) < 4.78 is 2.30. The van der Waals surface area contributed by atoms with Gasteiger partial charge in [-0.3, -0.25) is 0 Å². The monoisotopic (exact) mass is 210 g/mol. The molecule has 0 aliphatic heterocycles. The largest absolute Gasteiger partial charge is 0.240 e. The van der Waals surface area contributed by atoms with Crippen molar-refractivity contribution in [1.29, 1.82) is 0 Å². The van der Waals surface area contributed by atoms with Crippen molar-refractivity contribution in [1.82, 2.24) is 0 Å². The molecule has 0 N–H and O–H groups in total. The Labute approximate surface area is 95.6 Å². The van der Waals surface area contributed by atoms with Crippen molar-refractivity contribution < 1.29 is 4.58 Å². The molecule has 1 heteroatoms. The highest BCUT2D eigenvalue weighted by Gasteiger charge is 2.30. The van der Waals surface area contributed by atoms with Crippen molar-refractivity contribution in [3.63, 3.8) is 0 Å². The van der Waals surface area contributed by atoms with Crippen molar-refractivity contribution in [2.75, 3.05) is 6.54 Å². The maximum atomic E-state index is 4.09. The fraction of sp³-hybridized carbons (Fsp3) is 0.929. The lowest BCUT2D eigenvalue weighted by molar-refractivity contribution is -0.534. The predicted molar refractivity (Wildman–Crippen MR) is 67.8 cm³/mol. The van der Waals surface area contributed by atoms with Crippen molar-refractivity contribution in [2.45, 2.75) is 71.3 Å². The second-order valence-electron chi connectivity index (χ2n) is 5.49. The molecule has 1 saturated carbocycles. The van der Waals surface area contributed by atoms with Gasteiger partial charge in [-0.2, -0.15) is 0 Å². The summed E-state index contributed by atoms with van der Waals surface area (Å²) in [6.07, 6.45) is 11.2. The van der Waals surface area contributed by atoms with Crippen LogP contribution in [0.4, 0.5) is 0 Å². The third-order valence-electron chi connectivity index (χ3n) is 3.29. The van der Waals surface area contributed by atoms with E-state index in [0.29, 0.717) is 0 Å². The first-order chi connectivity index (χ1) is 7.20. The Hall–Kier alpha value is -0.330. The lowest BCUT2D eigenvalue weighted by Crippen LogP contribution is -2.13. The molecular weight excluding hydrogens is 182 g/mol. The van der Waals surface area contributed by atoms with E-state index < -0.39 is 0 Å². The van der Waals surface area contributed by atoms with E-state index in [0.717, 1.165) is 12.0 Å². The molecule has 0 radical (unpaired) electrons. The fourth-order valence-corrected chi connectivity index (χ4v) is 2.02. The van der Waals surface area contributed by atoms with Crippen LogP contribution in [-0.4, -0.2) is 23.9 Å². The predicted octanol–water partition coefficient (Wildman–Crippen LogP) is 3.86. The summed E-state index contributed by atoms with van der Waals surface area (Å²) in [7, 11) is 0.